The Morgan fingerprint density at radius 1 is 1.08 bits per heavy atom. The van der Waals surface area contributed by atoms with Crippen LogP contribution >= 0.6 is 11.6 Å². The summed E-state index contributed by atoms with van der Waals surface area (Å²) >= 11 is 6.02. The zero-order chi connectivity index (χ0) is 18.6. The van der Waals surface area contributed by atoms with E-state index in [0.29, 0.717) is 10.8 Å². The Bertz CT molecular complexity index is 850. The van der Waals surface area contributed by atoms with Gasteiger partial charge in [-0.05, 0) is 43.7 Å². The lowest BCUT2D eigenvalue weighted by molar-refractivity contribution is -0.127. The maximum atomic E-state index is 12.3. The summed E-state index contributed by atoms with van der Waals surface area (Å²) in [7, 11) is -3.24. The summed E-state index contributed by atoms with van der Waals surface area (Å²) in [6, 6.07) is 13.1. The summed E-state index contributed by atoms with van der Waals surface area (Å²) in [6.07, 6.45) is 0.429. The van der Waals surface area contributed by atoms with Gasteiger partial charge in [-0.25, -0.2) is 8.42 Å². The third-order valence-electron chi connectivity index (χ3n) is 3.68. The predicted octanol–water partition coefficient (Wildman–Crippen LogP) is 3.39. The molecule has 5 nitrogen and oxygen atoms in total. The average Bonchev–Trinajstić information content (AvgIpc) is 2.56. The minimum Gasteiger partial charge on any atom is -0.479 e. The molecule has 134 valence electrons. The molecule has 0 saturated heterocycles. The Morgan fingerprint density at radius 2 is 1.68 bits per heavy atom. The molecular formula is C18H20ClNO4S. The van der Waals surface area contributed by atoms with E-state index in [4.69, 9.17) is 16.3 Å². The number of hydrogen-bond acceptors (Lipinski definition) is 4. The summed E-state index contributed by atoms with van der Waals surface area (Å²) in [6.45, 7) is 3.45. The van der Waals surface area contributed by atoms with Crippen molar-refractivity contribution in [1.29, 1.82) is 0 Å². The molecule has 2 atom stereocenters. The lowest BCUT2D eigenvalue weighted by atomic mass is 10.1. The van der Waals surface area contributed by atoms with Crippen molar-refractivity contribution in [2.45, 2.75) is 30.9 Å². The van der Waals surface area contributed by atoms with Crippen molar-refractivity contribution >= 4 is 27.3 Å². The van der Waals surface area contributed by atoms with Crippen LogP contribution in [-0.2, 0) is 14.6 Å². The maximum Gasteiger partial charge on any atom is 0.261 e. The van der Waals surface area contributed by atoms with Gasteiger partial charge in [-0.2, -0.15) is 0 Å². The predicted molar refractivity (Wildman–Crippen MR) is 97.7 cm³/mol. The zero-order valence-corrected chi connectivity index (χ0v) is 15.8. The molecule has 2 aromatic rings. The molecular weight excluding hydrogens is 362 g/mol. The fourth-order valence-electron chi connectivity index (χ4n) is 2.20. The number of halogens is 1. The van der Waals surface area contributed by atoms with Gasteiger partial charge in [0.25, 0.3) is 5.91 Å². The van der Waals surface area contributed by atoms with E-state index in [1.54, 1.807) is 43.3 Å². The smallest absolute Gasteiger partial charge is 0.261 e. The van der Waals surface area contributed by atoms with Gasteiger partial charge in [0.2, 0.25) is 0 Å². The van der Waals surface area contributed by atoms with E-state index in [1.807, 2.05) is 6.92 Å². The van der Waals surface area contributed by atoms with Crippen molar-refractivity contribution in [3.05, 3.63) is 59.1 Å². The standard InChI is InChI=1S/C18H20ClNO4S/c1-12(14-8-10-15(11-9-14)25(3,22)23)20-18(21)13(2)24-17-7-5-4-6-16(17)19/h4-13H,1-3H3,(H,20,21)/t12-,13-/m1/s1. The SMILES string of the molecule is C[C@@H](Oc1ccccc1Cl)C(=O)N[C@H](C)c1ccc(S(C)(=O)=O)cc1. The molecule has 0 aliphatic rings. The number of hydrogen-bond donors (Lipinski definition) is 1. The summed E-state index contributed by atoms with van der Waals surface area (Å²) < 4.78 is 28.6. The Morgan fingerprint density at radius 3 is 2.24 bits per heavy atom. The van der Waals surface area contributed by atoms with Crippen LogP contribution in [0, 0.1) is 0 Å². The topological polar surface area (TPSA) is 72.5 Å². The molecule has 25 heavy (non-hydrogen) atoms. The fourth-order valence-corrected chi connectivity index (χ4v) is 3.01. The van der Waals surface area contributed by atoms with Crippen LogP contribution in [0.3, 0.4) is 0 Å². The third kappa shape index (κ3) is 5.21. The number of nitrogens with one attached hydrogen (secondary N) is 1. The Balaban J connectivity index is 2.00. The first-order valence-corrected chi connectivity index (χ1v) is 9.97. The monoisotopic (exact) mass is 381 g/mol. The van der Waals surface area contributed by atoms with Crippen molar-refractivity contribution in [1.82, 2.24) is 5.32 Å². The van der Waals surface area contributed by atoms with Crippen molar-refractivity contribution in [3.63, 3.8) is 0 Å². The van der Waals surface area contributed by atoms with Crippen LogP contribution in [0.5, 0.6) is 5.75 Å². The lowest BCUT2D eigenvalue weighted by Crippen LogP contribution is -2.37. The van der Waals surface area contributed by atoms with Crippen LogP contribution in [0.15, 0.2) is 53.4 Å². The molecule has 0 aliphatic heterocycles. The number of para-hydroxylation sites is 1. The second-order valence-electron chi connectivity index (χ2n) is 5.76. The van der Waals surface area contributed by atoms with Crippen LogP contribution in [0.1, 0.15) is 25.5 Å². The number of carbonyl (C=O) groups excluding carboxylic acids is 1. The summed E-state index contributed by atoms with van der Waals surface area (Å²) in [5.74, 6) is 0.150. The summed E-state index contributed by atoms with van der Waals surface area (Å²) in [5, 5.41) is 3.27. The van der Waals surface area contributed by atoms with Crippen molar-refractivity contribution in [3.8, 4) is 5.75 Å². The van der Waals surface area contributed by atoms with E-state index >= 15 is 0 Å². The molecule has 0 aliphatic carbocycles. The molecule has 0 radical (unpaired) electrons. The third-order valence-corrected chi connectivity index (χ3v) is 5.12. The number of sulfone groups is 1. The van der Waals surface area contributed by atoms with Crippen LogP contribution in [-0.4, -0.2) is 26.7 Å². The first-order valence-electron chi connectivity index (χ1n) is 7.70. The number of ether oxygens (including phenoxy) is 1. The van der Waals surface area contributed by atoms with Gasteiger partial charge in [-0.15, -0.1) is 0 Å². The van der Waals surface area contributed by atoms with E-state index in [1.165, 1.54) is 12.1 Å². The second kappa shape index (κ2) is 7.89. The highest BCUT2D eigenvalue weighted by atomic mass is 35.5. The second-order valence-corrected chi connectivity index (χ2v) is 8.18. The zero-order valence-electron chi connectivity index (χ0n) is 14.2. The average molecular weight is 382 g/mol. The van der Waals surface area contributed by atoms with Crippen molar-refractivity contribution in [2.75, 3.05) is 6.26 Å². The van der Waals surface area contributed by atoms with Crippen molar-refractivity contribution < 1.29 is 17.9 Å². The number of carbonyl (C=O) groups is 1. The van der Waals surface area contributed by atoms with Crippen LogP contribution in [0.4, 0.5) is 0 Å². The van der Waals surface area contributed by atoms with E-state index < -0.39 is 15.9 Å². The van der Waals surface area contributed by atoms with Gasteiger partial charge in [0, 0.05) is 6.26 Å². The molecule has 0 bridgehead atoms. The first-order chi connectivity index (χ1) is 11.7. The van der Waals surface area contributed by atoms with Gasteiger partial charge in [0.15, 0.2) is 15.9 Å². The molecule has 2 aromatic carbocycles. The molecule has 1 N–H and O–H groups in total. The largest absolute Gasteiger partial charge is 0.479 e. The first kappa shape index (κ1) is 19.3. The van der Waals surface area contributed by atoms with Gasteiger partial charge in [-0.3, -0.25) is 4.79 Å². The normalized spacial score (nSPS) is 13.8. The highest BCUT2D eigenvalue weighted by molar-refractivity contribution is 7.90. The van der Waals surface area contributed by atoms with E-state index in [2.05, 4.69) is 5.32 Å². The molecule has 0 saturated carbocycles. The van der Waals surface area contributed by atoms with Gasteiger partial charge < -0.3 is 10.1 Å². The van der Waals surface area contributed by atoms with E-state index in [-0.39, 0.29) is 16.8 Å². The van der Waals surface area contributed by atoms with E-state index in [0.717, 1.165) is 11.8 Å². The maximum absolute atomic E-state index is 12.3. The highest BCUT2D eigenvalue weighted by Crippen LogP contribution is 2.24. The number of rotatable bonds is 6. The van der Waals surface area contributed by atoms with Crippen LogP contribution in [0.25, 0.3) is 0 Å². The molecule has 0 aromatic heterocycles. The van der Waals surface area contributed by atoms with Gasteiger partial charge in [-0.1, -0.05) is 35.9 Å². The van der Waals surface area contributed by atoms with Gasteiger partial charge in [0.05, 0.1) is 16.0 Å². The summed E-state index contributed by atoms with van der Waals surface area (Å²) in [4.78, 5) is 12.5. The Labute approximate surface area is 152 Å². The molecule has 0 fully saturated rings. The Kier molecular flexibility index (Phi) is 6.08. The quantitative estimate of drug-likeness (QED) is 0.832. The van der Waals surface area contributed by atoms with Crippen LogP contribution in [0.2, 0.25) is 5.02 Å². The lowest BCUT2D eigenvalue weighted by Gasteiger charge is -2.19. The number of benzene rings is 2. The molecule has 2 rings (SSSR count). The fraction of sp³-hybridized carbons (Fsp3) is 0.278. The summed E-state index contributed by atoms with van der Waals surface area (Å²) in [5.41, 5.74) is 0.797. The van der Waals surface area contributed by atoms with E-state index in [9.17, 15) is 13.2 Å². The van der Waals surface area contributed by atoms with Gasteiger partial charge >= 0.3 is 0 Å². The molecule has 0 unspecified atom stereocenters. The molecule has 7 heteroatoms. The van der Waals surface area contributed by atoms with Gasteiger partial charge in [0.1, 0.15) is 5.75 Å². The minimum absolute atomic E-state index is 0.241. The number of amides is 1. The van der Waals surface area contributed by atoms with Crippen molar-refractivity contribution in [2.24, 2.45) is 0 Å². The Hall–Kier alpha value is -2.05. The highest BCUT2D eigenvalue weighted by Gasteiger charge is 2.19. The molecule has 1 amide bonds. The minimum atomic E-state index is -3.24. The molecule has 0 heterocycles. The molecule has 0 spiro atoms. The van der Waals surface area contributed by atoms with Crippen LogP contribution < -0.4 is 10.1 Å².